The number of fused-ring (bicyclic) bond motifs is 3. The van der Waals surface area contributed by atoms with Crippen molar-refractivity contribution in [2.24, 2.45) is 0 Å². The van der Waals surface area contributed by atoms with Gasteiger partial charge in [-0.2, -0.15) is 0 Å². The molecule has 4 heteroatoms. The van der Waals surface area contributed by atoms with Crippen LogP contribution >= 0.6 is 15.9 Å². The summed E-state index contributed by atoms with van der Waals surface area (Å²) in [6.07, 6.45) is 2.00. The highest BCUT2D eigenvalue weighted by atomic mass is 79.9. The van der Waals surface area contributed by atoms with E-state index in [2.05, 4.69) is 44.3 Å². The summed E-state index contributed by atoms with van der Waals surface area (Å²) in [4.78, 5) is 0. The number of benzene rings is 1. The van der Waals surface area contributed by atoms with Gasteiger partial charge in [-0.25, -0.2) is 0 Å². The number of hydrogen-bond donors (Lipinski definition) is 0. The molecular formula is C11H8BrN3. The van der Waals surface area contributed by atoms with Gasteiger partial charge in [-0.15, -0.1) is 10.2 Å². The van der Waals surface area contributed by atoms with Gasteiger partial charge < -0.3 is 0 Å². The smallest absolute Gasteiger partial charge is 0.168 e. The Kier molecular flexibility index (Phi) is 1.79. The summed E-state index contributed by atoms with van der Waals surface area (Å²) in [7, 11) is 0. The number of rotatable bonds is 0. The summed E-state index contributed by atoms with van der Waals surface area (Å²) in [5.41, 5.74) is 0.914. The van der Waals surface area contributed by atoms with Gasteiger partial charge in [0.15, 0.2) is 5.65 Å². The van der Waals surface area contributed by atoms with Crippen molar-refractivity contribution in [1.82, 2.24) is 14.6 Å². The van der Waals surface area contributed by atoms with E-state index < -0.39 is 0 Å². The molecular weight excluding hydrogens is 254 g/mol. The molecule has 0 aliphatic heterocycles. The van der Waals surface area contributed by atoms with Gasteiger partial charge >= 0.3 is 0 Å². The summed E-state index contributed by atoms with van der Waals surface area (Å²) in [5, 5.41) is 10.5. The van der Waals surface area contributed by atoms with Crippen molar-refractivity contribution >= 4 is 32.3 Å². The average molecular weight is 262 g/mol. The van der Waals surface area contributed by atoms with Gasteiger partial charge in [0.25, 0.3) is 0 Å². The normalized spacial score (nSPS) is 11.3. The number of aryl methyl sites for hydroxylation is 1. The van der Waals surface area contributed by atoms with Gasteiger partial charge in [-0.1, -0.05) is 15.9 Å². The second kappa shape index (κ2) is 3.03. The minimum absolute atomic E-state index is 0.912. The first-order chi connectivity index (χ1) is 7.25. The lowest BCUT2D eigenvalue weighted by atomic mass is 10.2. The first-order valence-electron chi connectivity index (χ1n) is 4.65. The highest BCUT2D eigenvalue weighted by Gasteiger charge is 2.05. The maximum Gasteiger partial charge on any atom is 0.168 e. The minimum Gasteiger partial charge on any atom is -0.286 e. The van der Waals surface area contributed by atoms with Gasteiger partial charge in [-0.05, 0) is 36.6 Å². The molecule has 0 fully saturated rings. The molecule has 1 aromatic carbocycles. The molecule has 0 aliphatic rings. The molecule has 74 valence electrons. The molecule has 3 aromatic rings. The van der Waals surface area contributed by atoms with E-state index in [-0.39, 0.29) is 0 Å². The fourth-order valence-corrected chi connectivity index (χ4v) is 2.14. The molecule has 3 nitrogen and oxygen atoms in total. The van der Waals surface area contributed by atoms with Crippen LogP contribution in [0.15, 0.2) is 34.9 Å². The summed E-state index contributed by atoms with van der Waals surface area (Å²) in [6.45, 7) is 1.95. The van der Waals surface area contributed by atoms with Gasteiger partial charge in [0.1, 0.15) is 5.82 Å². The van der Waals surface area contributed by atoms with Crippen LogP contribution in [-0.2, 0) is 0 Å². The van der Waals surface area contributed by atoms with Crippen molar-refractivity contribution in [2.45, 2.75) is 6.92 Å². The van der Waals surface area contributed by atoms with Crippen molar-refractivity contribution in [2.75, 3.05) is 0 Å². The molecule has 0 saturated heterocycles. The predicted molar refractivity (Wildman–Crippen MR) is 62.9 cm³/mol. The molecule has 0 unspecified atom stereocenters. The summed E-state index contributed by atoms with van der Waals surface area (Å²) in [6, 6.07) is 8.23. The zero-order valence-electron chi connectivity index (χ0n) is 8.11. The van der Waals surface area contributed by atoms with E-state index in [1.807, 2.05) is 23.6 Å². The average Bonchev–Trinajstić information content (AvgIpc) is 2.60. The first kappa shape index (κ1) is 8.85. The highest BCUT2D eigenvalue weighted by Crippen LogP contribution is 2.22. The SMILES string of the molecule is Cc1nnc2c3ccc(Br)cc3ccn12. The van der Waals surface area contributed by atoms with Gasteiger partial charge in [-0.3, -0.25) is 4.40 Å². The van der Waals surface area contributed by atoms with Crippen molar-refractivity contribution in [1.29, 1.82) is 0 Å². The van der Waals surface area contributed by atoms with E-state index in [4.69, 9.17) is 0 Å². The zero-order valence-corrected chi connectivity index (χ0v) is 9.69. The largest absolute Gasteiger partial charge is 0.286 e. The van der Waals surface area contributed by atoms with Crippen molar-refractivity contribution in [3.63, 3.8) is 0 Å². The van der Waals surface area contributed by atoms with E-state index >= 15 is 0 Å². The lowest BCUT2D eigenvalue weighted by Crippen LogP contribution is -1.87. The van der Waals surface area contributed by atoms with Crippen LogP contribution in [0.1, 0.15) is 5.82 Å². The number of halogens is 1. The molecule has 0 N–H and O–H groups in total. The Morgan fingerprint density at radius 2 is 2.07 bits per heavy atom. The lowest BCUT2D eigenvalue weighted by molar-refractivity contribution is 1.01. The molecule has 0 amide bonds. The van der Waals surface area contributed by atoms with E-state index in [1.165, 1.54) is 5.39 Å². The molecule has 0 radical (unpaired) electrons. The molecule has 2 heterocycles. The third kappa shape index (κ3) is 1.25. The van der Waals surface area contributed by atoms with Gasteiger partial charge in [0, 0.05) is 16.1 Å². The molecule has 0 spiro atoms. The number of aromatic nitrogens is 3. The van der Waals surface area contributed by atoms with Gasteiger partial charge in [0.2, 0.25) is 0 Å². The molecule has 15 heavy (non-hydrogen) atoms. The Hall–Kier alpha value is -1.42. The summed E-state index contributed by atoms with van der Waals surface area (Å²) >= 11 is 3.46. The third-order valence-electron chi connectivity index (χ3n) is 2.52. The monoisotopic (exact) mass is 261 g/mol. The summed E-state index contributed by atoms with van der Waals surface area (Å²) < 4.78 is 3.08. The quantitative estimate of drug-likeness (QED) is 0.623. The van der Waals surface area contributed by atoms with Gasteiger partial charge in [0.05, 0.1) is 0 Å². The first-order valence-corrected chi connectivity index (χ1v) is 5.44. The van der Waals surface area contributed by atoms with Crippen LogP contribution in [0.25, 0.3) is 16.4 Å². The molecule has 0 atom stereocenters. The maximum absolute atomic E-state index is 4.17. The Morgan fingerprint density at radius 1 is 1.20 bits per heavy atom. The Bertz CT molecular complexity index is 657. The van der Waals surface area contributed by atoms with E-state index in [1.54, 1.807) is 0 Å². The number of pyridine rings is 1. The fourth-order valence-electron chi connectivity index (χ4n) is 1.76. The van der Waals surface area contributed by atoms with Crippen LogP contribution in [-0.4, -0.2) is 14.6 Å². The Morgan fingerprint density at radius 3 is 2.93 bits per heavy atom. The topological polar surface area (TPSA) is 30.2 Å². The molecule has 0 saturated carbocycles. The lowest BCUT2D eigenvalue weighted by Gasteiger charge is -2.00. The number of hydrogen-bond acceptors (Lipinski definition) is 2. The third-order valence-corrected chi connectivity index (χ3v) is 3.02. The van der Waals surface area contributed by atoms with Crippen LogP contribution in [0.2, 0.25) is 0 Å². The van der Waals surface area contributed by atoms with Crippen LogP contribution in [0.4, 0.5) is 0 Å². The second-order valence-corrected chi connectivity index (χ2v) is 4.40. The molecule has 2 aromatic heterocycles. The van der Waals surface area contributed by atoms with Crippen molar-refractivity contribution in [3.8, 4) is 0 Å². The molecule has 0 bridgehead atoms. The Labute approximate surface area is 94.9 Å². The zero-order chi connectivity index (χ0) is 10.4. The highest BCUT2D eigenvalue weighted by molar-refractivity contribution is 9.10. The van der Waals surface area contributed by atoms with Crippen LogP contribution in [0.5, 0.6) is 0 Å². The molecule has 3 rings (SSSR count). The van der Waals surface area contributed by atoms with E-state index in [0.29, 0.717) is 0 Å². The van der Waals surface area contributed by atoms with Crippen LogP contribution in [0, 0.1) is 6.92 Å². The van der Waals surface area contributed by atoms with Crippen molar-refractivity contribution in [3.05, 3.63) is 40.8 Å². The maximum atomic E-state index is 4.17. The second-order valence-electron chi connectivity index (χ2n) is 3.49. The molecule has 0 aliphatic carbocycles. The van der Waals surface area contributed by atoms with Crippen LogP contribution < -0.4 is 0 Å². The minimum atomic E-state index is 0.912. The van der Waals surface area contributed by atoms with E-state index in [0.717, 1.165) is 21.3 Å². The van der Waals surface area contributed by atoms with Crippen molar-refractivity contribution < 1.29 is 0 Å². The fraction of sp³-hybridized carbons (Fsp3) is 0.0909. The number of nitrogens with zero attached hydrogens (tertiary/aromatic N) is 3. The Balaban J connectivity index is 2.55. The standard InChI is InChI=1S/C11H8BrN3/c1-7-13-14-11-10-3-2-9(12)6-8(10)4-5-15(7)11/h2-6H,1H3. The summed E-state index contributed by atoms with van der Waals surface area (Å²) in [5.74, 6) is 0.912. The van der Waals surface area contributed by atoms with E-state index in [9.17, 15) is 0 Å². The predicted octanol–water partition coefficient (Wildman–Crippen LogP) is 2.95. The van der Waals surface area contributed by atoms with Crippen LogP contribution in [0.3, 0.4) is 0 Å².